The van der Waals surface area contributed by atoms with Gasteiger partial charge in [0.05, 0.1) is 34.2 Å². The highest BCUT2D eigenvalue weighted by Crippen LogP contribution is 2.50. The standard InChI is InChI=1S/C26H24O9S2/c1-34-24(28)26(25(29)35-2)15-22(36(30,31)18-9-5-3-6-10-18)20-13-17(27)14-21(20)23(16-26)37(32,33)19-11-7-4-8-12-19/h3-13,22H,14-16H2,1-2H3. The van der Waals surface area contributed by atoms with Crippen LogP contribution >= 0.6 is 0 Å². The van der Waals surface area contributed by atoms with Crippen molar-refractivity contribution in [1.29, 1.82) is 0 Å². The van der Waals surface area contributed by atoms with Crippen molar-refractivity contribution in [3.05, 3.63) is 82.8 Å². The first-order valence-electron chi connectivity index (χ1n) is 11.2. The summed E-state index contributed by atoms with van der Waals surface area (Å²) in [5, 5.41) is -1.60. The van der Waals surface area contributed by atoms with Crippen LogP contribution in [0.2, 0.25) is 0 Å². The number of sulfone groups is 2. The molecule has 2 aromatic rings. The lowest BCUT2D eigenvalue weighted by Gasteiger charge is -2.30. The van der Waals surface area contributed by atoms with Crippen LogP contribution < -0.4 is 0 Å². The Kier molecular flexibility index (Phi) is 6.95. The highest BCUT2D eigenvalue weighted by Gasteiger charge is 2.57. The van der Waals surface area contributed by atoms with Crippen molar-refractivity contribution in [1.82, 2.24) is 0 Å². The Hall–Kier alpha value is -3.57. The summed E-state index contributed by atoms with van der Waals surface area (Å²) >= 11 is 0. The molecule has 2 aromatic carbocycles. The average molecular weight is 545 g/mol. The third-order valence-corrected chi connectivity index (χ3v) is 10.7. The van der Waals surface area contributed by atoms with Gasteiger partial charge in [-0.1, -0.05) is 36.4 Å². The van der Waals surface area contributed by atoms with Gasteiger partial charge in [0, 0.05) is 12.8 Å². The van der Waals surface area contributed by atoms with E-state index in [1.54, 1.807) is 12.1 Å². The molecule has 0 saturated carbocycles. The Morgan fingerprint density at radius 3 is 1.86 bits per heavy atom. The molecule has 0 aliphatic heterocycles. The highest BCUT2D eigenvalue weighted by molar-refractivity contribution is 7.95. The van der Waals surface area contributed by atoms with Gasteiger partial charge in [-0.05, 0) is 47.9 Å². The number of methoxy groups -OCH3 is 2. The molecule has 0 spiro atoms. The summed E-state index contributed by atoms with van der Waals surface area (Å²) in [7, 11) is -6.66. The molecule has 9 nitrogen and oxygen atoms in total. The maximum absolute atomic E-state index is 13.9. The summed E-state index contributed by atoms with van der Waals surface area (Å²) in [6, 6.07) is 14.6. The van der Waals surface area contributed by atoms with Crippen molar-refractivity contribution in [3.63, 3.8) is 0 Å². The molecule has 0 saturated heterocycles. The van der Waals surface area contributed by atoms with E-state index < -0.39 is 72.2 Å². The molecule has 1 unspecified atom stereocenters. The van der Waals surface area contributed by atoms with E-state index >= 15 is 0 Å². The van der Waals surface area contributed by atoms with Gasteiger partial charge in [0.1, 0.15) is 0 Å². The van der Waals surface area contributed by atoms with E-state index in [1.165, 1.54) is 48.5 Å². The second-order valence-corrected chi connectivity index (χ2v) is 12.9. The monoisotopic (exact) mass is 544 g/mol. The van der Waals surface area contributed by atoms with E-state index in [0.717, 1.165) is 20.3 Å². The number of ether oxygens (including phenoxy) is 2. The summed E-state index contributed by atoms with van der Waals surface area (Å²) in [4.78, 5) is 38.4. The number of carbonyl (C=O) groups excluding carboxylic acids is 3. The predicted octanol–water partition coefficient (Wildman–Crippen LogP) is 2.58. The molecule has 194 valence electrons. The number of allylic oxidation sites excluding steroid dienone is 3. The molecule has 2 aliphatic carbocycles. The summed E-state index contributed by atoms with van der Waals surface area (Å²) in [5.41, 5.74) is -2.40. The van der Waals surface area contributed by atoms with Crippen molar-refractivity contribution in [2.24, 2.45) is 5.41 Å². The minimum absolute atomic E-state index is 0.0342. The van der Waals surface area contributed by atoms with Crippen LogP contribution in [0.1, 0.15) is 19.3 Å². The molecule has 1 atom stereocenters. The van der Waals surface area contributed by atoms with Gasteiger partial charge in [-0.2, -0.15) is 0 Å². The van der Waals surface area contributed by atoms with Crippen LogP contribution in [0.25, 0.3) is 0 Å². The molecule has 4 rings (SSSR count). The van der Waals surface area contributed by atoms with Crippen molar-refractivity contribution in [2.75, 3.05) is 14.2 Å². The average Bonchev–Trinajstić information content (AvgIpc) is 3.22. The first-order valence-corrected chi connectivity index (χ1v) is 14.2. The molecule has 37 heavy (non-hydrogen) atoms. The number of rotatable bonds is 6. The minimum atomic E-state index is -4.37. The smallest absolute Gasteiger partial charge is 0.323 e. The molecule has 0 aromatic heterocycles. The zero-order chi connectivity index (χ0) is 27.0. The van der Waals surface area contributed by atoms with Gasteiger partial charge in [0.25, 0.3) is 0 Å². The van der Waals surface area contributed by atoms with Gasteiger partial charge >= 0.3 is 11.9 Å². The second kappa shape index (κ2) is 9.71. The van der Waals surface area contributed by atoms with E-state index in [0.29, 0.717) is 0 Å². The molecular weight excluding hydrogens is 520 g/mol. The molecule has 2 aliphatic rings. The number of fused-ring (bicyclic) bond motifs is 1. The van der Waals surface area contributed by atoms with Gasteiger partial charge in [-0.15, -0.1) is 0 Å². The quantitative estimate of drug-likeness (QED) is 0.397. The van der Waals surface area contributed by atoms with Gasteiger partial charge in [0.15, 0.2) is 21.0 Å². The Bertz CT molecular complexity index is 1520. The van der Waals surface area contributed by atoms with Gasteiger partial charge in [-0.25, -0.2) is 16.8 Å². The Balaban J connectivity index is 2.08. The fourth-order valence-electron chi connectivity index (χ4n) is 4.85. The summed E-state index contributed by atoms with van der Waals surface area (Å²) in [5.74, 6) is -2.76. The zero-order valence-corrected chi connectivity index (χ0v) is 21.7. The molecule has 0 fully saturated rings. The van der Waals surface area contributed by atoms with Gasteiger partial charge in [-0.3, -0.25) is 14.4 Å². The van der Waals surface area contributed by atoms with Crippen LogP contribution in [0.3, 0.4) is 0 Å². The number of ketones is 1. The van der Waals surface area contributed by atoms with Crippen LogP contribution in [0.4, 0.5) is 0 Å². The van der Waals surface area contributed by atoms with E-state index in [1.807, 2.05) is 0 Å². The largest absolute Gasteiger partial charge is 0.468 e. The molecule has 0 bridgehead atoms. The van der Waals surface area contributed by atoms with Crippen molar-refractivity contribution < 1.29 is 40.7 Å². The van der Waals surface area contributed by atoms with Crippen LogP contribution in [0, 0.1) is 5.41 Å². The number of benzene rings is 2. The van der Waals surface area contributed by atoms with Crippen LogP contribution in [-0.4, -0.2) is 54.0 Å². The first kappa shape index (κ1) is 26.5. The van der Waals surface area contributed by atoms with E-state index in [9.17, 15) is 31.2 Å². The SMILES string of the molecule is COC(=O)C1(C(=O)OC)CC(S(=O)(=O)c2ccccc2)=C2CC(=O)C=C2C(S(=O)(=O)c2ccccc2)C1. The lowest BCUT2D eigenvalue weighted by molar-refractivity contribution is -0.169. The molecule has 11 heteroatoms. The Morgan fingerprint density at radius 2 is 1.35 bits per heavy atom. The summed E-state index contributed by atoms with van der Waals surface area (Å²) < 4.78 is 65.4. The van der Waals surface area contributed by atoms with E-state index in [2.05, 4.69) is 0 Å². The van der Waals surface area contributed by atoms with Crippen LogP contribution in [0.15, 0.2) is 92.6 Å². The fourth-order valence-corrected chi connectivity index (χ4v) is 8.51. The second-order valence-electron chi connectivity index (χ2n) is 8.75. The van der Waals surface area contributed by atoms with Crippen molar-refractivity contribution in [2.45, 2.75) is 34.3 Å². The topological polar surface area (TPSA) is 138 Å². The Morgan fingerprint density at radius 1 is 0.838 bits per heavy atom. The first-order chi connectivity index (χ1) is 17.5. The van der Waals surface area contributed by atoms with E-state index in [4.69, 9.17) is 9.47 Å². The minimum Gasteiger partial charge on any atom is -0.468 e. The third-order valence-electron chi connectivity index (χ3n) is 6.67. The number of hydrogen-bond acceptors (Lipinski definition) is 9. The molecule has 0 amide bonds. The van der Waals surface area contributed by atoms with Crippen LogP contribution in [-0.2, 0) is 43.5 Å². The van der Waals surface area contributed by atoms with Gasteiger partial charge in [0.2, 0.25) is 9.84 Å². The highest BCUT2D eigenvalue weighted by atomic mass is 32.2. The predicted molar refractivity (Wildman–Crippen MR) is 131 cm³/mol. The summed E-state index contributed by atoms with van der Waals surface area (Å²) in [6.07, 6.45) is -0.716. The molecular formula is C26H24O9S2. The van der Waals surface area contributed by atoms with Crippen LogP contribution in [0.5, 0.6) is 0 Å². The number of carbonyl (C=O) groups is 3. The maximum atomic E-state index is 13.9. The Labute approximate surface area is 214 Å². The number of hydrogen-bond donors (Lipinski definition) is 0. The molecule has 0 radical (unpaired) electrons. The fraction of sp³-hybridized carbons (Fsp3) is 0.269. The van der Waals surface area contributed by atoms with Crippen molar-refractivity contribution in [3.8, 4) is 0 Å². The summed E-state index contributed by atoms with van der Waals surface area (Å²) in [6.45, 7) is 0. The molecule has 0 N–H and O–H groups in total. The van der Waals surface area contributed by atoms with E-state index in [-0.39, 0.29) is 20.9 Å². The lowest BCUT2D eigenvalue weighted by atomic mass is 9.80. The van der Waals surface area contributed by atoms with Crippen molar-refractivity contribution >= 4 is 37.4 Å². The normalized spacial score (nSPS) is 19.5. The lowest BCUT2D eigenvalue weighted by Crippen LogP contribution is -2.45. The molecule has 0 heterocycles. The third kappa shape index (κ3) is 4.42. The maximum Gasteiger partial charge on any atom is 0.323 e. The number of esters is 2. The zero-order valence-electron chi connectivity index (χ0n) is 20.0. The van der Waals surface area contributed by atoms with Gasteiger partial charge < -0.3 is 9.47 Å².